The summed E-state index contributed by atoms with van der Waals surface area (Å²) in [6, 6.07) is 8.81. The van der Waals surface area contributed by atoms with Gasteiger partial charge in [-0.25, -0.2) is 0 Å². The molecule has 0 aromatic heterocycles. The highest BCUT2D eigenvalue weighted by Gasteiger charge is 2.34. The third-order valence-corrected chi connectivity index (χ3v) is 3.98. The molecule has 1 saturated heterocycles. The molecule has 1 amide bonds. The first-order chi connectivity index (χ1) is 12.4. The predicted octanol–water partition coefficient (Wildman–Crippen LogP) is 1.84. The number of likely N-dealkylation sites (tertiary alicyclic amines) is 1. The van der Waals surface area contributed by atoms with E-state index < -0.39 is 12.7 Å². The van der Waals surface area contributed by atoms with Crippen molar-refractivity contribution in [2.45, 2.75) is 18.6 Å². The van der Waals surface area contributed by atoms with Gasteiger partial charge in [-0.2, -0.15) is 13.2 Å². The van der Waals surface area contributed by atoms with Crippen molar-refractivity contribution in [3.05, 3.63) is 35.9 Å². The molecule has 0 radical (unpaired) electrons. The molecule has 6 nitrogen and oxygen atoms in total. The highest BCUT2D eigenvalue weighted by Crippen LogP contribution is 2.19. The van der Waals surface area contributed by atoms with Crippen LogP contribution >= 0.6 is 24.0 Å². The SMILES string of the molecule is CN=C(NCCNC(=O)c1ccccc1)NC1CCN(CC(F)(F)F)C1.I. The highest BCUT2D eigenvalue weighted by molar-refractivity contribution is 14.0. The van der Waals surface area contributed by atoms with E-state index in [-0.39, 0.29) is 35.9 Å². The maximum atomic E-state index is 12.4. The van der Waals surface area contributed by atoms with Crippen LogP contribution in [0.4, 0.5) is 13.2 Å². The van der Waals surface area contributed by atoms with Gasteiger partial charge in [0.2, 0.25) is 0 Å². The normalized spacial score (nSPS) is 17.9. The van der Waals surface area contributed by atoms with Crippen molar-refractivity contribution in [2.75, 3.05) is 39.8 Å². The van der Waals surface area contributed by atoms with Crippen molar-refractivity contribution in [3.63, 3.8) is 0 Å². The molecule has 1 aromatic rings. The molecule has 3 N–H and O–H groups in total. The molecular weight excluding hydrogens is 474 g/mol. The van der Waals surface area contributed by atoms with E-state index in [1.807, 2.05) is 6.07 Å². The van der Waals surface area contributed by atoms with Gasteiger partial charge in [-0.3, -0.25) is 14.7 Å². The lowest BCUT2D eigenvalue weighted by molar-refractivity contribution is -0.143. The molecular formula is C17H25F3IN5O. The molecule has 10 heteroatoms. The molecule has 1 aliphatic rings. The van der Waals surface area contributed by atoms with Crippen LogP contribution in [0.15, 0.2) is 35.3 Å². The molecule has 1 aliphatic heterocycles. The highest BCUT2D eigenvalue weighted by atomic mass is 127. The molecule has 1 fully saturated rings. The van der Waals surface area contributed by atoms with E-state index in [1.54, 1.807) is 31.3 Å². The van der Waals surface area contributed by atoms with Crippen LogP contribution < -0.4 is 16.0 Å². The van der Waals surface area contributed by atoms with E-state index in [0.29, 0.717) is 44.1 Å². The molecule has 1 unspecified atom stereocenters. The molecule has 1 atom stereocenters. The van der Waals surface area contributed by atoms with Crippen molar-refractivity contribution in [1.82, 2.24) is 20.9 Å². The van der Waals surface area contributed by atoms with E-state index in [9.17, 15) is 18.0 Å². The molecule has 0 bridgehead atoms. The van der Waals surface area contributed by atoms with Gasteiger partial charge in [0, 0.05) is 44.8 Å². The summed E-state index contributed by atoms with van der Waals surface area (Å²) in [5.74, 6) is 0.353. The molecule has 27 heavy (non-hydrogen) atoms. The quantitative estimate of drug-likeness (QED) is 0.242. The molecule has 0 aliphatic carbocycles. The fraction of sp³-hybridized carbons (Fsp3) is 0.529. The first kappa shape index (κ1) is 23.5. The zero-order valence-electron chi connectivity index (χ0n) is 15.1. The molecule has 0 saturated carbocycles. The molecule has 0 spiro atoms. The Balaban J connectivity index is 0.00000364. The monoisotopic (exact) mass is 499 g/mol. The van der Waals surface area contributed by atoms with Gasteiger partial charge in [-0.15, -0.1) is 24.0 Å². The van der Waals surface area contributed by atoms with Gasteiger partial charge in [-0.05, 0) is 18.6 Å². The number of amides is 1. The Labute approximate surface area is 174 Å². The number of benzene rings is 1. The lowest BCUT2D eigenvalue weighted by Crippen LogP contribution is -2.47. The van der Waals surface area contributed by atoms with Gasteiger partial charge < -0.3 is 16.0 Å². The first-order valence-corrected chi connectivity index (χ1v) is 8.47. The van der Waals surface area contributed by atoms with E-state index in [4.69, 9.17) is 0 Å². The second-order valence-corrected chi connectivity index (χ2v) is 6.10. The topological polar surface area (TPSA) is 68.8 Å². The second-order valence-electron chi connectivity index (χ2n) is 6.10. The van der Waals surface area contributed by atoms with Gasteiger partial charge in [0.05, 0.1) is 6.54 Å². The average Bonchev–Trinajstić information content (AvgIpc) is 3.03. The molecule has 152 valence electrons. The smallest absolute Gasteiger partial charge is 0.355 e. The van der Waals surface area contributed by atoms with Crippen LogP contribution in [-0.2, 0) is 0 Å². The minimum atomic E-state index is -4.17. The Morgan fingerprint density at radius 1 is 1.22 bits per heavy atom. The number of carbonyl (C=O) groups is 1. The average molecular weight is 499 g/mol. The van der Waals surface area contributed by atoms with Crippen molar-refractivity contribution in [2.24, 2.45) is 4.99 Å². The number of nitrogens with zero attached hydrogens (tertiary/aromatic N) is 2. The summed E-state index contributed by atoms with van der Waals surface area (Å²) < 4.78 is 37.3. The number of hydrogen-bond acceptors (Lipinski definition) is 3. The van der Waals surface area contributed by atoms with E-state index in [2.05, 4.69) is 20.9 Å². The number of guanidine groups is 1. The van der Waals surface area contributed by atoms with Gasteiger partial charge in [-0.1, -0.05) is 18.2 Å². The fourth-order valence-corrected chi connectivity index (χ4v) is 2.78. The van der Waals surface area contributed by atoms with Crippen LogP contribution in [0, 0.1) is 0 Å². The number of alkyl halides is 3. The number of rotatable bonds is 6. The molecule has 1 aromatic carbocycles. The van der Waals surface area contributed by atoms with Crippen LogP contribution in [0.5, 0.6) is 0 Å². The Morgan fingerprint density at radius 3 is 2.52 bits per heavy atom. The van der Waals surface area contributed by atoms with Crippen LogP contribution in [0.25, 0.3) is 0 Å². The minimum Gasteiger partial charge on any atom is -0.355 e. The lowest BCUT2D eigenvalue weighted by Gasteiger charge is -2.19. The van der Waals surface area contributed by atoms with Crippen LogP contribution in [0.3, 0.4) is 0 Å². The van der Waals surface area contributed by atoms with Crippen LogP contribution in [-0.4, -0.2) is 68.8 Å². The molecule has 2 rings (SSSR count). The maximum absolute atomic E-state index is 12.4. The van der Waals surface area contributed by atoms with Crippen LogP contribution in [0.2, 0.25) is 0 Å². The van der Waals surface area contributed by atoms with Gasteiger partial charge in [0.25, 0.3) is 5.91 Å². The fourth-order valence-electron chi connectivity index (χ4n) is 2.78. The molecule has 1 heterocycles. The lowest BCUT2D eigenvalue weighted by atomic mass is 10.2. The van der Waals surface area contributed by atoms with Crippen LogP contribution in [0.1, 0.15) is 16.8 Å². The summed E-state index contributed by atoms with van der Waals surface area (Å²) >= 11 is 0. The summed E-state index contributed by atoms with van der Waals surface area (Å²) in [6.07, 6.45) is -3.55. The Hall–Kier alpha value is -1.56. The van der Waals surface area contributed by atoms with Crippen molar-refractivity contribution >= 4 is 35.8 Å². The predicted molar refractivity (Wildman–Crippen MR) is 110 cm³/mol. The third-order valence-electron chi connectivity index (χ3n) is 3.98. The zero-order chi connectivity index (χ0) is 19.0. The summed E-state index contributed by atoms with van der Waals surface area (Å²) in [4.78, 5) is 17.4. The number of nitrogens with one attached hydrogen (secondary N) is 3. The minimum absolute atomic E-state index is 0. The van der Waals surface area contributed by atoms with E-state index >= 15 is 0 Å². The van der Waals surface area contributed by atoms with Crippen molar-refractivity contribution < 1.29 is 18.0 Å². The largest absolute Gasteiger partial charge is 0.401 e. The summed E-state index contributed by atoms with van der Waals surface area (Å²) in [6.45, 7) is 0.700. The number of hydrogen-bond donors (Lipinski definition) is 3. The Kier molecular flexibility index (Phi) is 9.84. The van der Waals surface area contributed by atoms with E-state index in [1.165, 1.54) is 4.90 Å². The second kappa shape index (κ2) is 11.3. The van der Waals surface area contributed by atoms with E-state index in [0.717, 1.165) is 0 Å². The summed E-state index contributed by atoms with van der Waals surface area (Å²) in [5.41, 5.74) is 0.589. The van der Waals surface area contributed by atoms with Gasteiger partial charge in [0.1, 0.15) is 0 Å². The summed E-state index contributed by atoms with van der Waals surface area (Å²) in [7, 11) is 1.60. The number of halogens is 4. The third kappa shape index (κ3) is 8.78. The maximum Gasteiger partial charge on any atom is 0.401 e. The van der Waals surface area contributed by atoms with Crippen molar-refractivity contribution in [1.29, 1.82) is 0 Å². The number of aliphatic imine (C=N–C) groups is 1. The summed E-state index contributed by atoms with van der Waals surface area (Å²) in [5, 5.41) is 8.96. The Bertz CT molecular complexity index is 612. The first-order valence-electron chi connectivity index (χ1n) is 8.47. The Morgan fingerprint density at radius 2 is 1.89 bits per heavy atom. The standard InChI is InChI=1S/C17H24F3N5O.HI/c1-21-16(24-14-7-10-25(11-14)12-17(18,19)20)23-9-8-22-15(26)13-5-3-2-4-6-13;/h2-6,14H,7-12H2,1H3,(H,22,26)(H2,21,23,24);1H. The van der Waals surface area contributed by atoms with Gasteiger partial charge in [0.15, 0.2) is 5.96 Å². The van der Waals surface area contributed by atoms with Gasteiger partial charge >= 0.3 is 6.18 Å². The zero-order valence-corrected chi connectivity index (χ0v) is 17.4. The van der Waals surface area contributed by atoms with Crippen molar-refractivity contribution in [3.8, 4) is 0 Å². The number of carbonyl (C=O) groups excluding carboxylic acids is 1.